The number of nitrogens with zero attached hydrogens (tertiary/aromatic N) is 2. The van der Waals surface area contributed by atoms with E-state index < -0.39 is 0 Å². The zero-order valence-corrected chi connectivity index (χ0v) is 17.4. The van der Waals surface area contributed by atoms with Gasteiger partial charge in [0.1, 0.15) is 0 Å². The molecular formula is C22H28N3OS+. The number of carbonyl (C=O) groups excluding carboxylic acids is 1. The van der Waals surface area contributed by atoms with Crippen LogP contribution in [0.15, 0.2) is 42.5 Å². The van der Waals surface area contributed by atoms with Gasteiger partial charge in [-0.15, -0.1) is 0 Å². The van der Waals surface area contributed by atoms with Crippen molar-refractivity contribution in [2.75, 3.05) is 32.1 Å². The van der Waals surface area contributed by atoms with E-state index in [1.807, 2.05) is 23.1 Å². The third-order valence-electron chi connectivity index (χ3n) is 4.66. The van der Waals surface area contributed by atoms with Gasteiger partial charge in [0.05, 0.1) is 37.4 Å². The van der Waals surface area contributed by atoms with Crippen LogP contribution in [-0.4, -0.2) is 38.1 Å². The maximum Gasteiger partial charge on any atom is 0.229 e. The first-order valence-corrected chi connectivity index (χ1v) is 10.3. The van der Waals surface area contributed by atoms with E-state index >= 15 is 0 Å². The van der Waals surface area contributed by atoms with Gasteiger partial charge < -0.3 is 4.90 Å². The zero-order valence-electron chi connectivity index (χ0n) is 16.6. The largest absolute Gasteiger partial charge is 0.338 e. The normalized spacial score (nSPS) is 11.3. The van der Waals surface area contributed by atoms with E-state index in [9.17, 15) is 4.79 Å². The Labute approximate surface area is 165 Å². The maximum absolute atomic E-state index is 13.0. The molecule has 1 heterocycles. The molecular weight excluding hydrogens is 354 g/mol. The molecule has 0 unspecified atom stereocenters. The molecule has 0 radical (unpaired) electrons. The van der Waals surface area contributed by atoms with E-state index in [1.165, 1.54) is 21.6 Å². The molecule has 1 aromatic heterocycles. The van der Waals surface area contributed by atoms with Crippen molar-refractivity contribution < 1.29 is 9.69 Å². The third kappa shape index (κ3) is 4.93. The van der Waals surface area contributed by atoms with E-state index in [4.69, 9.17) is 4.98 Å². The molecule has 5 heteroatoms. The second kappa shape index (κ2) is 8.63. The fourth-order valence-corrected chi connectivity index (χ4v) is 4.35. The number of aryl methyl sites for hydroxylation is 3. The molecule has 142 valence electrons. The van der Waals surface area contributed by atoms with E-state index in [0.29, 0.717) is 13.0 Å². The number of rotatable bonds is 7. The summed E-state index contributed by atoms with van der Waals surface area (Å²) < 4.78 is 1.15. The molecule has 0 fully saturated rings. The van der Waals surface area contributed by atoms with Crippen LogP contribution in [0.5, 0.6) is 0 Å². The van der Waals surface area contributed by atoms with Gasteiger partial charge in [0.15, 0.2) is 5.13 Å². The third-order valence-corrected chi connectivity index (χ3v) is 5.68. The summed E-state index contributed by atoms with van der Waals surface area (Å²) in [4.78, 5) is 21.1. The standard InChI is InChI=1S/C22H27N3OS/c1-16-14-17(2)21-19(15-16)27-22(23-21)25(13-12-24(3)4)20(26)11-10-18-8-6-5-7-9-18/h5-9,14-15H,10-13H2,1-4H3/p+1. The predicted molar refractivity (Wildman–Crippen MR) is 114 cm³/mol. The number of benzene rings is 2. The lowest BCUT2D eigenvalue weighted by Gasteiger charge is -2.20. The summed E-state index contributed by atoms with van der Waals surface area (Å²) >= 11 is 1.62. The van der Waals surface area contributed by atoms with Crippen molar-refractivity contribution >= 4 is 32.6 Å². The molecule has 0 bridgehead atoms. The first-order chi connectivity index (χ1) is 12.9. The first kappa shape index (κ1) is 19.5. The lowest BCUT2D eigenvalue weighted by Crippen LogP contribution is -3.06. The van der Waals surface area contributed by atoms with Gasteiger partial charge in [-0.3, -0.25) is 9.69 Å². The van der Waals surface area contributed by atoms with Crippen LogP contribution in [0.4, 0.5) is 5.13 Å². The van der Waals surface area contributed by atoms with E-state index in [2.05, 4.69) is 52.2 Å². The number of quaternary nitrogens is 1. The van der Waals surface area contributed by atoms with Crippen molar-refractivity contribution in [2.45, 2.75) is 26.7 Å². The van der Waals surface area contributed by atoms with Gasteiger partial charge in [-0.2, -0.15) is 0 Å². The number of hydrogen-bond acceptors (Lipinski definition) is 3. The van der Waals surface area contributed by atoms with Gasteiger partial charge in [0.2, 0.25) is 5.91 Å². The van der Waals surface area contributed by atoms with E-state index in [1.54, 1.807) is 11.3 Å². The number of nitrogens with one attached hydrogen (secondary N) is 1. The molecule has 0 atom stereocenters. The van der Waals surface area contributed by atoms with Gasteiger partial charge in [-0.1, -0.05) is 47.7 Å². The van der Waals surface area contributed by atoms with Gasteiger partial charge >= 0.3 is 0 Å². The van der Waals surface area contributed by atoms with E-state index in [0.717, 1.165) is 28.3 Å². The monoisotopic (exact) mass is 382 g/mol. The molecule has 4 nitrogen and oxygen atoms in total. The van der Waals surface area contributed by atoms with Crippen molar-refractivity contribution in [3.05, 3.63) is 59.2 Å². The number of amides is 1. The van der Waals surface area contributed by atoms with Crippen LogP contribution in [0.1, 0.15) is 23.1 Å². The van der Waals surface area contributed by atoms with Crippen LogP contribution < -0.4 is 9.80 Å². The Hall–Kier alpha value is -2.24. The fourth-order valence-electron chi connectivity index (χ4n) is 3.17. The Morgan fingerprint density at radius 2 is 1.89 bits per heavy atom. The minimum Gasteiger partial charge on any atom is -0.338 e. The van der Waals surface area contributed by atoms with Crippen molar-refractivity contribution in [3.8, 4) is 0 Å². The Morgan fingerprint density at radius 3 is 2.59 bits per heavy atom. The number of likely N-dealkylation sites (N-methyl/N-ethyl adjacent to an activating group) is 1. The lowest BCUT2D eigenvalue weighted by molar-refractivity contribution is -0.856. The van der Waals surface area contributed by atoms with Gasteiger partial charge in [-0.25, -0.2) is 4.98 Å². The molecule has 0 aliphatic rings. The molecule has 0 saturated heterocycles. The van der Waals surface area contributed by atoms with Gasteiger partial charge in [-0.05, 0) is 43.0 Å². The smallest absolute Gasteiger partial charge is 0.229 e. The molecule has 0 spiro atoms. The highest BCUT2D eigenvalue weighted by molar-refractivity contribution is 7.22. The highest BCUT2D eigenvalue weighted by Crippen LogP contribution is 2.32. The second-order valence-electron chi connectivity index (χ2n) is 7.41. The van der Waals surface area contributed by atoms with Crippen LogP contribution in [0.25, 0.3) is 10.2 Å². The van der Waals surface area contributed by atoms with Crippen molar-refractivity contribution in [1.82, 2.24) is 4.98 Å². The zero-order chi connectivity index (χ0) is 19.4. The molecule has 3 aromatic rings. The van der Waals surface area contributed by atoms with Crippen molar-refractivity contribution in [1.29, 1.82) is 0 Å². The molecule has 1 amide bonds. The first-order valence-electron chi connectivity index (χ1n) is 9.45. The number of anilines is 1. The number of fused-ring (bicyclic) bond motifs is 1. The number of hydrogen-bond donors (Lipinski definition) is 1. The summed E-state index contributed by atoms with van der Waals surface area (Å²) in [6, 6.07) is 14.5. The fraction of sp³-hybridized carbons (Fsp3) is 0.364. The van der Waals surface area contributed by atoms with Gasteiger partial charge in [0.25, 0.3) is 0 Å². The average molecular weight is 383 g/mol. The number of thiazole rings is 1. The van der Waals surface area contributed by atoms with Crippen LogP contribution in [-0.2, 0) is 11.2 Å². The van der Waals surface area contributed by atoms with Crippen molar-refractivity contribution in [2.24, 2.45) is 0 Å². The molecule has 0 aliphatic heterocycles. The van der Waals surface area contributed by atoms with Crippen molar-refractivity contribution in [3.63, 3.8) is 0 Å². The van der Waals surface area contributed by atoms with Crippen LogP contribution >= 0.6 is 11.3 Å². The summed E-state index contributed by atoms with van der Waals surface area (Å²) in [7, 11) is 4.22. The molecule has 1 N–H and O–H groups in total. The van der Waals surface area contributed by atoms with Crippen LogP contribution in [0, 0.1) is 13.8 Å². The quantitative estimate of drug-likeness (QED) is 0.682. The Bertz CT molecular complexity index is 918. The van der Waals surface area contributed by atoms with Crippen LogP contribution in [0.2, 0.25) is 0 Å². The Morgan fingerprint density at radius 1 is 1.15 bits per heavy atom. The molecule has 0 saturated carbocycles. The summed E-state index contributed by atoms with van der Waals surface area (Å²) in [5, 5.41) is 0.818. The minimum absolute atomic E-state index is 0.147. The Kier molecular flexibility index (Phi) is 6.24. The average Bonchev–Trinajstić information content (AvgIpc) is 3.04. The highest BCUT2D eigenvalue weighted by atomic mass is 32.1. The number of carbonyl (C=O) groups is 1. The van der Waals surface area contributed by atoms with E-state index in [-0.39, 0.29) is 5.91 Å². The maximum atomic E-state index is 13.0. The second-order valence-corrected chi connectivity index (χ2v) is 8.42. The summed E-state index contributed by atoms with van der Waals surface area (Å²) in [5.41, 5.74) is 4.61. The topological polar surface area (TPSA) is 37.6 Å². The lowest BCUT2D eigenvalue weighted by atomic mass is 10.1. The molecule has 27 heavy (non-hydrogen) atoms. The highest BCUT2D eigenvalue weighted by Gasteiger charge is 2.21. The van der Waals surface area contributed by atoms with Gasteiger partial charge in [0, 0.05) is 6.42 Å². The molecule has 0 aliphatic carbocycles. The SMILES string of the molecule is Cc1cc(C)c2nc(N(CC[NH+](C)C)C(=O)CCc3ccccc3)sc2c1. The summed E-state index contributed by atoms with van der Waals surface area (Å²) in [6.45, 7) is 5.77. The molecule has 3 rings (SSSR count). The summed E-state index contributed by atoms with van der Waals surface area (Å²) in [6.07, 6.45) is 1.26. The minimum atomic E-state index is 0.147. The molecule has 2 aromatic carbocycles. The van der Waals surface area contributed by atoms with Crippen LogP contribution in [0.3, 0.4) is 0 Å². The summed E-state index contributed by atoms with van der Waals surface area (Å²) in [5.74, 6) is 0.147. The number of aromatic nitrogens is 1. The predicted octanol–water partition coefficient (Wildman–Crippen LogP) is 3.02. The Balaban J connectivity index is 1.84.